The van der Waals surface area contributed by atoms with E-state index in [-0.39, 0.29) is 0 Å². The Balaban J connectivity index is 0. The predicted octanol–water partition coefficient (Wildman–Crippen LogP) is 0.925. The van der Waals surface area contributed by atoms with Crippen LogP contribution in [0.25, 0.3) is 0 Å². The highest BCUT2D eigenvalue weighted by Crippen LogP contribution is 2.20. The van der Waals surface area contributed by atoms with Crippen molar-refractivity contribution in [2.24, 2.45) is 5.73 Å². The Hall–Kier alpha value is -1.22. The van der Waals surface area contributed by atoms with E-state index in [1.54, 1.807) is 0 Å². The van der Waals surface area contributed by atoms with Gasteiger partial charge in [0.05, 0.1) is 6.26 Å². The summed E-state index contributed by atoms with van der Waals surface area (Å²) in [6, 6.07) is 0. The summed E-state index contributed by atoms with van der Waals surface area (Å²) in [6.45, 7) is 0. The zero-order valence-electron chi connectivity index (χ0n) is 6.64. The van der Waals surface area contributed by atoms with E-state index >= 15 is 0 Å². The fourth-order valence-corrected chi connectivity index (χ4v) is 0.114. The lowest BCUT2D eigenvalue weighted by Crippen LogP contribution is -2.21. The molecule has 0 heterocycles. The number of hydrogen-bond donors (Lipinski definition) is 3. The number of aliphatic hydroxyl groups is 1. The van der Waals surface area contributed by atoms with Crippen LogP contribution in [0.1, 0.15) is 0 Å². The Kier molecular flexibility index (Phi) is 6.83. The summed E-state index contributed by atoms with van der Waals surface area (Å²) >= 11 is 0. The molecule has 0 spiro atoms. The number of halogens is 3. The second-order valence-corrected chi connectivity index (χ2v) is 3.06. The van der Waals surface area contributed by atoms with E-state index in [1.165, 1.54) is 18.4 Å². The Bertz CT molecular complexity index is 283. The number of rotatable bonds is 1. The van der Waals surface area contributed by atoms with Crippen molar-refractivity contribution in [3.05, 3.63) is 24.6 Å². The zero-order valence-corrected chi connectivity index (χ0v) is 7.46. The lowest BCUT2D eigenvalue weighted by Gasteiger charge is -1.97. The van der Waals surface area contributed by atoms with Crippen molar-refractivity contribution in [2.75, 3.05) is 0 Å². The van der Waals surface area contributed by atoms with Gasteiger partial charge < -0.3 is 10.8 Å². The van der Waals surface area contributed by atoms with Crippen molar-refractivity contribution in [1.29, 1.82) is 0 Å². The van der Waals surface area contributed by atoms with Gasteiger partial charge in [0.1, 0.15) is 0 Å². The van der Waals surface area contributed by atoms with Crippen LogP contribution in [-0.4, -0.2) is 23.6 Å². The molecule has 84 valence electrons. The SMILES string of the molecule is NC=CC=CO.O=S(=O)(O)C(F)(F)F. The first-order valence-electron chi connectivity index (χ1n) is 2.88. The molecule has 0 aliphatic rings. The Morgan fingerprint density at radius 3 is 1.64 bits per heavy atom. The normalized spacial score (nSPS) is 12.9. The smallest absolute Gasteiger partial charge is 0.516 e. The molecular weight excluding hydrogens is 227 g/mol. The molecule has 0 saturated heterocycles. The van der Waals surface area contributed by atoms with Gasteiger partial charge in [0.15, 0.2) is 0 Å². The standard InChI is InChI=1S/C4H7NO.CHF3O3S/c5-3-1-2-4-6;2-1(3,4)8(5,6)7/h1-4,6H,5H2;(H,5,6,7). The third kappa shape index (κ3) is 8.87. The van der Waals surface area contributed by atoms with Gasteiger partial charge in [-0.2, -0.15) is 21.6 Å². The quantitative estimate of drug-likeness (QED) is 0.271. The molecule has 4 N–H and O–H groups in total. The number of nitrogens with two attached hydrogens (primary N) is 1. The van der Waals surface area contributed by atoms with Crippen LogP contribution >= 0.6 is 0 Å². The molecule has 0 unspecified atom stereocenters. The van der Waals surface area contributed by atoms with Crippen molar-refractivity contribution in [2.45, 2.75) is 5.51 Å². The summed E-state index contributed by atoms with van der Waals surface area (Å²) in [5.41, 5.74) is -0.663. The van der Waals surface area contributed by atoms with Crippen LogP contribution < -0.4 is 5.73 Å². The maximum atomic E-state index is 10.7. The summed E-state index contributed by atoms with van der Waals surface area (Å²) in [7, 11) is -5.84. The van der Waals surface area contributed by atoms with Crippen LogP contribution in [0.3, 0.4) is 0 Å². The highest BCUT2D eigenvalue weighted by molar-refractivity contribution is 7.86. The number of allylic oxidation sites excluding steroid dienone is 2. The molecule has 5 nitrogen and oxygen atoms in total. The van der Waals surface area contributed by atoms with Crippen LogP contribution in [0.2, 0.25) is 0 Å². The lowest BCUT2D eigenvalue weighted by atomic mass is 10.6. The van der Waals surface area contributed by atoms with E-state index in [0.29, 0.717) is 0 Å². The first-order chi connectivity index (χ1) is 6.16. The molecule has 0 aliphatic carbocycles. The minimum Gasteiger partial charge on any atom is -0.516 e. The molecule has 9 heteroatoms. The molecule has 0 aromatic heterocycles. The third-order valence-corrected chi connectivity index (χ3v) is 1.19. The molecule has 0 amide bonds. The van der Waals surface area contributed by atoms with E-state index in [4.69, 9.17) is 23.8 Å². The molecule has 0 radical (unpaired) electrons. The minimum absolute atomic E-state index is 0.920. The van der Waals surface area contributed by atoms with Gasteiger partial charge >= 0.3 is 15.6 Å². The summed E-state index contributed by atoms with van der Waals surface area (Å²) in [5.74, 6) is 0. The first-order valence-corrected chi connectivity index (χ1v) is 4.32. The number of aliphatic hydroxyl groups excluding tert-OH is 1. The molecule has 0 aliphatic heterocycles. The lowest BCUT2D eigenvalue weighted by molar-refractivity contribution is -0.0510. The molecular formula is C5H8F3NO4S. The zero-order chi connectivity index (χ0) is 11.8. The third-order valence-electron chi connectivity index (χ3n) is 0.601. The van der Waals surface area contributed by atoms with E-state index in [9.17, 15) is 13.2 Å². The molecule has 0 fully saturated rings. The van der Waals surface area contributed by atoms with Crippen LogP contribution in [-0.2, 0) is 10.1 Å². The van der Waals surface area contributed by atoms with Gasteiger partial charge in [-0.1, -0.05) is 0 Å². The Morgan fingerprint density at radius 1 is 1.21 bits per heavy atom. The van der Waals surface area contributed by atoms with Gasteiger partial charge in [-0.15, -0.1) is 0 Å². The van der Waals surface area contributed by atoms with Crippen molar-refractivity contribution >= 4 is 10.1 Å². The van der Waals surface area contributed by atoms with Crippen LogP contribution in [0.5, 0.6) is 0 Å². The van der Waals surface area contributed by atoms with Gasteiger partial charge in [0.25, 0.3) is 0 Å². The van der Waals surface area contributed by atoms with E-state index < -0.39 is 15.6 Å². The van der Waals surface area contributed by atoms with Gasteiger partial charge in [0, 0.05) is 0 Å². The summed E-state index contributed by atoms with van der Waals surface area (Å²) in [4.78, 5) is 0. The second kappa shape index (κ2) is 6.27. The van der Waals surface area contributed by atoms with E-state index in [0.717, 1.165) is 6.26 Å². The summed E-state index contributed by atoms with van der Waals surface area (Å²) in [6.07, 6.45) is 5.22. The maximum absolute atomic E-state index is 10.7. The molecule has 0 aromatic rings. The average molecular weight is 235 g/mol. The number of alkyl halides is 3. The Labute approximate surface area is 78.1 Å². The van der Waals surface area contributed by atoms with Crippen molar-refractivity contribution in [3.8, 4) is 0 Å². The molecule has 14 heavy (non-hydrogen) atoms. The maximum Gasteiger partial charge on any atom is 0.522 e. The molecule has 0 bridgehead atoms. The van der Waals surface area contributed by atoms with Crippen molar-refractivity contribution in [3.63, 3.8) is 0 Å². The molecule has 0 rings (SSSR count). The molecule has 0 atom stereocenters. The van der Waals surface area contributed by atoms with Gasteiger partial charge in [-0.25, -0.2) is 0 Å². The average Bonchev–Trinajstić information content (AvgIpc) is 1.98. The largest absolute Gasteiger partial charge is 0.522 e. The predicted molar refractivity (Wildman–Crippen MR) is 42.7 cm³/mol. The summed E-state index contributed by atoms with van der Waals surface area (Å²) < 4.78 is 57.5. The minimum atomic E-state index is -5.84. The van der Waals surface area contributed by atoms with Crippen molar-refractivity contribution in [1.82, 2.24) is 0 Å². The van der Waals surface area contributed by atoms with Crippen LogP contribution in [0, 0.1) is 0 Å². The van der Waals surface area contributed by atoms with Crippen LogP contribution in [0.15, 0.2) is 24.6 Å². The molecule has 0 saturated carbocycles. The fourth-order valence-electron chi connectivity index (χ4n) is 0.114. The topological polar surface area (TPSA) is 101 Å². The highest BCUT2D eigenvalue weighted by atomic mass is 32.2. The summed E-state index contributed by atoms with van der Waals surface area (Å²) in [5, 5.41) is 7.91. The Morgan fingerprint density at radius 2 is 1.57 bits per heavy atom. The first kappa shape index (κ1) is 15.3. The van der Waals surface area contributed by atoms with Crippen LogP contribution in [0.4, 0.5) is 13.2 Å². The number of hydrogen-bond acceptors (Lipinski definition) is 4. The van der Waals surface area contributed by atoms with Gasteiger partial charge in [-0.05, 0) is 18.4 Å². The highest BCUT2D eigenvalue weighted by Gasteiger charge is 2.44. The van der Waals surface area contributed by atoms with E-state index in [2.05, 4.69) is 0 Å². The monoisotopic (exact) mass is 235 g/mol. The molecule has 0 aromatic carbocycles. The van der Waals surface area contributed by atoms with Crippen molar-refractivity contribution < 1.29 is 31.2 Å². The van der Waals surface area contributed by atoms with Gasteiger partial charge in [0.2, 0.25) is 0 Å². The second-order valence-electron chi connectivity index (χ2n) is 1.65. The van der Waals surface area contributed by atoms with Gasteiger partial charge in [-0.3, -0.25) is 4.55 Å². The van der Waals surface area contributed by atoms with E-state index in [1.807, 2.05) is 0 Å². The fraction of sp³-hybridized carbons (Fsp3) is 0.200.